The van der Waals surface area contributed by atoms with Gasteiger partial charge in [-0.2, -0.15) is 0 Å². The van der Waals surface area contributed by atoms with E-state index in [1.807, 2.05) is 30.3 Å². The van der Waals surface area contributed by atoms with E-state index in [1.165, 1.54) is 0 Å². The lowest BCUT2D eigenvalue weighted by atomic mass is 10.0. The third-order valence-corrected chi connectivity index (χ3v) is 4.25. The smallest absolute Gasteiger partial charge is 0.341 e. The number of hydrogen-bond donors (Lipinski definition) is 1. The summed E-state index contributed by atoms with van der Waals surface area (Å²) in [7, 11) is 0. The number of aliphatic carboxylic acids is 1. The zero-order valence-electron chi connectivity index (χ0n) is 14.6. The van der Waals surface area contributed by atoms with E-state index in [9.17, 15) is 4.79 Å². The summed E-state index contributed by atoms with van der Waals surface area (Å²) in [4.78, 5) is 21.2. The van der Waals surface area contributed by atoms with Crippen molar-refractivity contribution in [2.24, 2.45) is 5.92 Å². The fourth-order valence-corrected chi connectivity index (χ4v) is 3.05. The van der Waals surface area contributed by atoms with E-state index in [1.54, 1.807) is 12.5 Å². The van der Waals surface area contributed by atoms with E-state index >= 15 is 0 Å². The van der Waals surface area contributed by atoms with Crippen LogP contribution in [0.25, 0.3) is 0 Å². The minimum atomic E-state index is -0.978. The largest absolute Gasteiger partial charge is 0.482 e. The van der Waals surface area contributed by atoms with Gasteiger partial charge in [-0.3, -0.25) is 4.90 Å². The van der Waals surface area contributed by atoms with Crippen LogP contribution in [0.1, 0.15) is 11.3 Å². The zero-order valence-corrected chi connectivity index (χ0v) is 14.6. The number of rotatable bonds is 7. The normalized spacial score (nSPS) is 18.2. The average Bonchev–Trinajstić information content (AvgIpc) is 2.87. The fourth-order valence-electron chi connectivity index (χ4n) is 3.05. The first-order valence-electron chi connectivity index (χ1n) is 8.67. The van der Waals surface area contributed by atoms with Gasteiger partial charge in [-0.1, -0.05) is 12.1 Å². The minimum absolute atomic E-state index is 0.326. The standard InChI is InChI=1S/C19H23N3O4/c23-19(24)13-26-18-3-1-15(2-4-18)10-22-7-8-25-12-16(11-22)9-17-5-6-20-14-21-17/h1-6,14,16H,7-13H2,(H,23,24)/t16-/m1/s1. The molecule has 3 rings (SSSR count). The molecule has 138 valence electrons. The summed E-state index contributed by atoms with van der Waals surface area (Å²) in [5.74, 6) is -0.0177. The van der Waals surface area contributed by atoms with Gasteiger partial charge in [0.15, 0.2) is 6.61 Å². The van der Waals surface area contributed by atoms with Crippen LogP contribution in [0.2, 0.25) is 0 Å². The van der Waals surface area contributed by atoms with Crippen LogP contribution >= 0.6 is 0 Å². The first kappa shape index (κ1) is 18.3. The molecule has 26 heavy (non-hydrogen) atoms. The highest BCUT2D eigenvalue weighted by molar-refractivity contribution is 5.68. The van der Waals surface area contributed by atoms with Crippen LogP contribution in [0.5, 0.6) is 5.75 Å². The molecular weight excluding hydrogens is 334 g/mol. The molecule has 1 aromatic carbocycles. The predicted octanol–water partition coefficient (Wildman–Crippen LogP) is 1.63. The molecule has 0 aliphatic carbocycles. The van der Waals surface area contributed by atoms with Gasteiger partial charge in [0.2, 0.25) is 0 Å². The molecule has 2 heterocycles. The van der Waals surface area contributed by atoms with Crippen LogP contribution in [0, 0.1) is 5.92 Å². The van der Waals surface area contributed by atoms with Crippen LogP contribution in [-0.2, 0) is 22.5 Å². The van der Waals surface area contributed by atoms with Gasteiger partial charge in [0.1, 0.15) is 12.1 Å². The Hall–Kier alpha value is -2.51. The Bertz CT molecular complexity index is 694. The van der Waals surface area contributed by atoms with Crippen LogP contribution in [0.3, 0.4) is 0 Å². The molecular formula is C19H23N3O4. The fraction of sp³-hybridized carbons (Fsp3) is 0.421. The zero-order chi connectivity index (χ0) is 18.2. The van der Waals surface area contributed by atoms with Crippen molar-refractivity contribution < 1.29 is 19.4 Å². The van der Waals surface area contributed by atoms with Crippen molar-refractivity contribution in [2.75, 3.05) is 32.9 Å². The van der Waals surface area contributed by atoms with Crippen LogP contribution < -0.4 is 4.74 Å². The number of benzene rings is 1. The lowest BCUT2D eigenvalue weighted by Gasteiger charge is -2.23. The molecule has 0 bridgehead atoms. The molecule has 1 aliphatic rings. The highest BCUT2D eigenvalue weighted by atomic mass is 16.5. The summed E-state index contributed by atoms with van der Waals surface area (Å²) in [6.45, 7) is 3.79. The quantitative estimate of drug-likeness (QED) is 0.806. The number of carboxylic acid groups (broad SMARTS) is 1. The number of aromatic nitrogens is 2. The molecule has 0 radical (unpaired) electrons. The summed E-state index contributed by atoms with van der Waals surface area (Å²) in [6.07, 6.45) is 4.23. The number of carboxylic acids is 1. The monoisotopic (exact) mass is 357 g/mol. The second kappa shape index (κ2) is 9.26. The van der Waals surface area contributed by atoms with Gasteiger partial charge < -0.3 is 14.6 Å². The Kier molecular flexibility index (Phi) is 6.51. The minimum Gasteiger partial charge on any atom is -0.482 e. The maximum Gasteiger partial charge on any atom is 0.341 e. The topological polar surface area (TPSA) is 84.8 Å². The van der Waals surface area contributed by atoms with E-state index in [-0.39, 0.29) is 6.61 Å². The van der Waals surface area contributed by atoms with Gasteiger partial charge in [-0.05, 0) is 30.2 Å². The maximum absolute atomic E-state index is 10.5. The van der Waals surface area contributed by atoms with Gasteiger partial charge in [-0.15, -0.1) is 0 Å². The second-order valence-electron chi connectivity index (χ2n) is 6.41. The Labute approximate surface area is 152 Å². The molecule has 7 nitrogen and oxygen atoms in total. The van der Waals surface area contributed by atoms with Gasteiger partial charge in [0, 0.05) is 37.4 Å². The number of carbonyl (C=O) groups is 1. The molecule has 1 fully saturated rings. The maximum atomic E-state index is 10.5. The van der Waals surface area contributed by atoms with Gasteiger partial charge >= 0.3 is 5.97 Å². The molecule has 0 spiro atoms. The average molecular weight is 357 g/mol. The van der Waals surface area contributed by atoms with E-state index in [4.69, 9.17) is 14.6 Å². The molecule has 0 saturated carbocycles. The summed E-state index contributed by atoms with van der Waals surface area (Å²) < 4.78 is 10.9. The molecule has 1 aliphatic heterocycles. The summed E-state index contributed by atoms with van der Waals surface area (Å²) in [5.41, 5.74) is 2.20. The van der Waals surface area contributed by atoms with Crippen molar-refractivity contribution in [2.45, 2.75) is 13.0 Å². The predicted molar refractivity (Wildman–Crippen MR) is 94.9 cm³/mol. The van der Waals surface area contributed by atoms with E-state index in [0.717, 1.165) is 50.5 Å². The Morgan fingerprint density at radius 1 is 1.31 bits per heavy atom. The van der Waals surface area contributed by atoms with Crippen LogP contribution in [0.4, 0.5) is 0 Å². The van der Waals surface area contributed by atoms with Crippen LogP contribution in [0.15, 0.2) is 42.9 Å². The number of ether oxygens (including phenoxy) is 2. The first-order valence-corrected chi connectivity index (χ1v) is 8.67. The lowest BCUT2D eigenvalue weighted by molar-refractivity contribution is -0.139. The van der Waals surface area contributed by atoms with E-state index in [0.29, 0.717) is 11.7 Å². The van der Waals surface area contributed by atoms with Crippen molar-refractivity contribution >= 4 is 5.97 Å². The van der Waals surface area contributed by atoms with Crippen molar-refractivity contribution in [3.63, 3.8) is 0 Å². The highest BCUT2D eigenvalue weighted by Crippen LogP contribution is 2.17. The molecule has 1 N–H and O–H groups in total. The third kappa shape index (κ3) is 5.79. The van der Waals surface area contributed by atoms with E-state index < -0.39 is 5.97 Å². The van der Waals surface area contributed by atoms with Crippen molar-refractivity contribution in [1.29, 1.82) is 0 Å². The second-order valence-corrected chi connectivity index (χ2v) is 6.41. The van der Waals surface area contributed by atoms with Gasteiger partial charge in [0.25, 0.3) is 0 Å². The Balaban J connectivity index is 1.55. The highest BCUT2D eigenvalue weighted by Gasteiger charge is 2.19. The third-order valence-electron chi connectivity index (χ3n) is 4.25. The summed E-state index contributed by atoms with van der Waals surface area (Å²) in [5, 5.41) is 8.65. The molecule has 1 aromatic heterocycles. The van der Waals surface area contributed by atoms with Crippen molar-refractivity contribution in [3.8, 4) is 5.75 Å². The molecule has 0 amide bonds. The first-order chi connectivity index (χ1) is 12.7. The number of nitrogens with zero attached hydrogens (tertiary/aromatic N) is 3. The van der Waals surface area contributed by atoms with Crippen molar-refractivity contribution in [3.05, 3.63) is 54.1 Å². The lowest BCUT2D eigenvalue weighted by Crippen LogP contribution is -2.30. The summed E-state index contributed by atoms with van der Waals surface area (Å²) in [6, 6.07) is 9.52. The van der Waals surface area contributed by atoms with Crippen LogP contribution in [-0.4, -0.2) is 58.9 Å². The van der Waals surface area contributed by atoms with Crippen molar-refractivity contribution in [1.82, 2.24) is 14.9 Å². The molecule has 1 atom stereocenters. The SMILES string of the molecule is O=C(O)COc1ccc(CN2CCOC[C@H](Cc3ccncn3)C2)cc1. The van der Waals surface area contributed by atoms with Gasteiger partial charge in [0.05, 0.1) is 13.2 Å². The van der Waals surface area contributed by atoms with Gasteiger partial charge in [-0.25, -0.2) is 14.8 Å². The molecule has 2 aromatic rings. The number of hydrogen-bond acceptors (Lipinski definition) is 6. The summed E-state index contributed by atoms with van der Waals surface area (Å²) >= 11 is 0. The Morgan fingerprint density at radius 3 is 2.88 bits per heavy atom. The van der Waals surface area contributed by atoms with E-state index in [2.05, 4.69) is 14.9 Å². The Morgan fingerprint density at radius 2 is 2.15 bits per heavy atom. The molecule has 7 heteroatoms. The molecule has 0 unspecified atom stereocenters. The molecule has 1 saturated heterocycles.